The summed E-state index contributed by atoms with van der Waals surface area (Å²) in [5.41, 5.74) is 10.3. The molecule has 27 heavy (non-hydrogen) atoms. The fourth-order valence-electron chi connectivity index (χ4n) is 3.32. The Morgan fingerprint density at radius 1 is 0.926 bits per heavy atom. The number of aromatic nitrogens is 1. The Kier molecular flexibility index (Phi) is 7.51. The van der Waals surface area contributed by atoms with Gasteiger partial charge in [-0.25, -0.2) is 0 Å². The van der Waals surface area contributed by atoms with Gasteiger partial charge in [0, 0.05) is 48.9 Å². The van der Waals surface area contributed by atoms with Gasteiger partial charge in [-0.2, -0.15) is 0 Å². The third-order valence-corrected chi connectivity index (χ3v) is 4.88. The van der Waals surface area contributed by atoms with E-state index in [1.165, 1.54) is 5.56 Å². The van der Waals surface area contributed by atoms with Gasteiger partial charge in [-0.15, -0.1) is 0 Å². The van der Waals surface area contributed by atoms with Gasteiger partial charge in [0.15, 0.2) is 0 Å². The normalized spacial score (nSPS) is 11.1. The van der Waals surface area contributed by atoms with Crippen molar-refractivity contribution < 1.29 is 30.9 Å². The second-order valence-electron chi connectivity index (χ2n) is 7.15. The molecule has 0 fully saturated rings. The number of nitrogens with two attached hydrogens (primary N) is 1. The van der Waals surface area contributed by atoms with E-state index in [-0.39, 0.29) is 25.8 Å². The summed E-state index contributed by atoms with van der Waals surface area (Å²) in [5.74, 6) is 0.332. The van der Waals surface area contributed by atoms with Crippen molar-refractivity contribution in [2.45, 2.75) is 32.1 Å². The van der Waals surface area contributed by atoms with Crippen LogP contribution >= 0.6 is 0 Å². The van der Waals surface area contributed by atoms with Crippen molar-refractivity contribution in [2.75, 3.05) is 6.54 Å². The molecule has 1 aromatic heterocycles. The third-order valence-electron chi connectivity index (χ3n) is 4.88. The van der Waals surface area contributed by atoms with E-state index >= 15 is 0 Å². The van der Waals surface area contributed by atoms with Crippen LogP contribution < -0.4 is 5.73 Å². The molecule has 3 N–H and O–H groups in total. The minimum Gasteiger partial charge on any atom is -0.507 e. The molecule has 137 valence electrons. The molecule has 3 rings (SSSR count). The van der Waals surface area contributed by atoms with Gasteiger partial charge in [0.25, 0.3) is 0 Å². The molecular weight excluding hydrogens is 365 g/mol. The SMILES string of the molecule is CC(C)(c1cccc(Cc2ccccc2)n1)c1cccc(CCN)c1O.[Sc]. The van der Waals surface area contributed by atoms with Crippen LogP contribution in [0.2, 0.25) is 0 Å². The molecule has 0 atom stereocenters. The Labute approximate surface area is 180 Å². The minimum atomic E-state index is -0.401. The first-order chi connectivity index (χ1) is 12.5. The summed E-state index contributed by atoms with van der Waals surface area (Å²) in [6, 6.07) is 22.4. The van der Waals surface area contributed by atoms with Gasteiger partial charge in [0.05, 0.1) is 5.69 Å². The molecule has 0 amide bonds. The monoisotopic (exact) mass is 391 g/mol. The molecule has 1 radical (unpaired) electrons. The van der Waals surface area contributed by atoms with E-state index in [9.17, 15) is 5.11 Å². The summed E-state index contributed by atoms with van der Waals surface area (Å²) in [7, 11) is 0. The van der Waals surface area contributed by atoms with Crippen molar-refractivity contribution in [3.63, 3.8) is 0 Å². The van der Waals surface area contributed by atoms with Gasteiger partial charge in [0.1, 0.15) is 5.75 Å². The van der Waals surface area contributed by atoms with E-state index in [1.807, 2.05) is 48.5 Å². The van der Waals surface area contributed by atoms with Crippen LogP contribution in [0.25, 0.3) is 0 Å². The van der Waals surface area contributed by atoms with Gasteiger partial charge >= 0.3 is 0 Å². The molecule has 0 saturated heterocycles. The number of aromatic hydroxyl groups is 1. The minimum absolute atomic E-state index is 0. The van der Waals surface area contributed by atoms with Crippen LogP contribution in [-0.4, -0.2) is 16.6 Å². The molecule has 0 aliphatic rings. The molecule has 3 nitrogen and oxygen atoms in total. The van der Waals surface area contributed by atoms with Crippen molar-refractivity contribution in [3.05, 3.63) is 94.8 Å². The smallest absolute Gasteiger partial charge is 0.122 e. The quantitative estimate of drug-likeness (QED) is 0.662. The Morgan fingerprint density at radius 2 is 1.63 bits per heavy atom. The van der Waals surface area contributed by atoms with Crippen molar-refractivity contribution in [3.8, 4) is 5.75 Å². The first kappa shape index (κ1) is 21.5. The first-order valence-corrected chi connectivity index (χ1v) is 9.04. The Bertz CT molecular complexity index is 879. The number of benzene rings is 2. The second kappa shape index (κ2) is 9.43. The molecular formula is C23H26N2OSc. The van der Waals surface area contributed by atoms with Crippen LogP contribution in [0.15, 0.2) is 66.7 Å². The predicted molar refractivity (Wildman–Crippen MR) is 106 cm³/mol. The number of phenolic OH excluding ortho intramolecular Hbond substituents is 1. The number of phenols is 1. The summed E-state index contributed by atoms with van der Waals surface area (Å²) in [6.45, 7) is 4.72. The van der Waals surface area contributed by atoms with Gasteiger partial charge in [-0.1, -0.05) is 68.4 Å². The summed E-state index contributed by atoms with van der Waals surface area (Å²) < 4.78 is 0. The van der Waals surface area contributed by atoms with Crippen LogP contribution in [0.5, 0.6) is 5.75 Å². The first-order valence-electron chi connectivity index (χ1n) is 9.04. The van der Waals surface area contributed by atoms with Crippen molar-refractivity contribution >= 4 is 0 Å². The van der Waals surface area contributed by atoms with E-state index in [0.29, 0.717) is 18.7 Å². The maximum atomic E-state index is 10.7. The zero-order valence-corrected chi connectivity index (χ0v) is 17.8. The summed E-state index contributed by atoms with van der Waals surface area (Å²) >= 11 is 0. The van der Waals surface area contributed by atoms with Crippen LogP contribution in [-0.2, 0) is 44.1 Å². The van der Waals surface area contributed by atoms with E-state index in [4.69, 9.17) is 10.7 Å². The number of hydrogen-bond donors (Lipinski definition) is 2. The predicted octanol–water partition coefficient (Wildman–Crippen LogP) is 4.20. The van der Waals surface area contributed by atoms with Gasteiger partial charge in [-0.05, 0) is 36.2 Å². The molecule has 4 heteroatoms. The molecule has 0 bridgehead atoms. The fourth-order valence-corrected chi connectivity index (χ4v) is 3.32. The van der Waals surface area contributed by atoms with Gasteiger partial charge < -0.3 is 10.8 Å². The van der Waals surface area contributed by atoms with Crippen molar-refractivity contribution in [2.24, 2.45) is 5.73 Å². The number of rotatable bonds is 6. The molecule has 2 aromatic carbocycles. The molecule has 0 spiro atoms. The molecule has 0 aliphatic carbocycles. The summed E-state index contributed by atoms with van der Waals surface area (Å²) in [5, 5.41) is 10.7. The third kappa shape index (κ3) is 4.94. The molecule has 3 aromatic rings. The maximum absolute atomic E-state index is 10.7. The van der Waals surface area contributed by atoms with Crippen LogP contribution in [0.3, 0.4) is 0 Å². The number of nitrogens with zero attached hydrogens (tertiary/aromatic N) is 1. The van der Waals surface area contributed by atoms with Gasteiger partial charge in [-0.3, -0.25) is 4.98 Å². The topological polar surface area (TPSA) is 59.1 Å². The van der Waals surface area contributed by atoms with E-state index < -0.39 is 5.41 Å². The Balaban J connectivity index is 0.00000261. The van der Waals surface area contributed by atoms with E-state index in [0.717, 1.165) is 28.9 Å². The Morgan fingerprint density at radius 3 is 2.33 bits per heavy atom. The molecule has 1 heterocycles. The maximum Gasteiger partial charge on any atom is 0.122 e. The zero-order chi connectivity index (χ0) is 18.6. The molecule has 0 saturated carbocycles. The average molecular weight is 391 g/mol. The number of para-hydroxylation sites is 1. The van der Waals surface area contributed by atoms with E-state index in [2.05, 4.69) is 32.0 Å². The van der Waals surface area contributed by atoms with Crippen molar-refractivity contribution in [1.29, 1.82) is 0 Å². The standard InChI is InChI=1S/C23H26N2O.Sc/c1-23(2,20-12-6-10-18(14-15-24)22(20)26)21-13-7-11-19(25-21)16-17-8-4-3-5-9-17;/h3-13,26H,14-16,24H2,1-2H3;. The summed E-state index contributed by atoms with van der Waals surface area (Å²) in [4.78, 5) is 4.90. The van der Waals surface area contributed by atoms with Gasteiger partial charge in [0.2, 0.25) is 0 Å². The van der Waals surface area contributed by atoms with Crippen LogP contribution in [0.4, 0.5) is 0 Å². The molecule has 0 unspecified atom stereocenters. The van der Waals surface area contributed by atoms with Crippen LogP contribution in [0.1, 0.15) is 41.9 Å². The van der Waals surface area contributed by atoms with Crippen molar-refractivity contribution in [1.82, 2.24) is 4.98 Å². The Hall–Kier alpha value is -1.78. The molecule has 0 aliphatic heterocycles. The fraction of sp³-hybridized carbons (Fsp3) is 0.261. The number of hydrogen-bond acceptors (Lipinski definition) is 3. The van der Waals surface area contributed by atoms with E-state index in [1.54, 1.807) is 0 Å². The number of pyridine rings is 1. The summed E-state index contributed by atoms with van der Waals surface area (Å²) in [6.07, 6.45) is 1.46. The largest absolute Gasteiger partial charge is 0.507 e. The zero-order valence-electron chi connectivity index (χ0n) is 16.0. The average Bonchev–Trinajstić information content (AvgIpc) is 2.64. The van der Waals surface area contributed by atoms with Crippen LogP contribution in [0, 0.1) is 0 Å². The second-order valence-corrected chi connectivity index (χ2v) is 7.15.